The Hall–Kier alpha value is -1.87. The highest BCUT2D eigenvalue weighted by molar-refractivity contribution is 5.63. The van der Waals surface area contributed by atoms with Crippen molar-refractivity contribution in [1.29, 1.82) is 0 Å². The van der Waals surface area contributed by atoms with Gasteiger partial charge in [0, 0.05) is 38.1 Å². The van der Waals surface area contributed by atoms with Crippen LogP contribution in [0.1, 0.15) is 24.0 Å². The average Bonchev–Trinajstić information content (AvgIpc) is 3.37. The molecule has 0 aromatic heterocycles. The summed E-state index contributed by atoms with van der Waals surface area (Å²) >= 11 is 0. The van der Waals surface area contributed by atoms with Crippen molar-refractivity contribution >= 4 is 11.4 Å². The predicted octanol–water partition coefficient (Wildman–Crippen LogP) is 4.36. The van der Waals surface area contributed by atoms with Crippen molar-refractivity contribution in [1.82, 2.24) is 4.90 Å². The molecule has 2 aliphatic rings. The Bertz CT molecular complexity index is 709. The van der Waals surface area contributed by atoms with E-state index in [4.69, 9.17) is 0 Å². The predicted molar refractivity (Wildman–Crippen MR) is 92.6 cm³/mol. The molecule has 120 valence electrons. The van der Waals surface area contributed by atoms with Crippen LogP contribution in [-0.2, 0) is 13.0 Å². The summed E-state index contributed by atoms with van der Waals surface area (Å²) in [5.41, 5.74) is 4.91. The van der Waals surface area contributed by atoms with Crippen LogP contribution in [0.25, 0.3) is 0 Å². The average molecular weight is 310 g/mol. The number of hydrogen-bond acceptors (Lipinski definition) is 2. The summed E-state index contributed by atoms with van der Waals surface area (Å²) < 4.78 is 13.5. The third-order valence-electron chi connectivity index (χ3n) is 5.08. The van der Waals surface area contributed by atoms with Gasteiger partial charge in [-0.05, 0) is 66.6 Å². The van der Waals surface area contributed by atoms with Crippen molar-refractivity contribution in [2.24, 2.45) is 5.92 Å². The summed E-state index contributed by atoms with van der Waals surface area (Å²) in [6.07, 6.45) is 3.96. The van der Waals surface area contributed by atoms with Crippen molar-refractivity contribution in [3.63, 3.8) is 0 Å². The van der Waals surface area contributed by atoms with Gasteiger partial charge in [-0.1, -0.05) is 12.1 Å². The van der Waals surface area contributed by atoms with Gasteiger partial charge in [0.2, 0.25) is 0 Å². The summed E-state index contributed by atoms with van der Waals surface area (Å²) in [7, 11) is 2.00. The second-order valence-electron chi connectivity index (χ2n) is 6.92. The molecule has 0 saturated heterocycles. The van der Waals surface area contributed by atoms with E-state index in [0.717, 1.165) is 30.3 Å². The minimum absolute atomic E-state index is 0.192. The van der Waals surface area contributed by atoms with E-state index in [-0.39, 0.29) is 5.82 Å². The molecular formula is C20H23FN2. The Morgan fingerprint density at radius 1 is 1.09 bits per heavy atom. The number of fused-ring (bicyclic) bond motifs is 1. The fourth-order valence-electron chi connectivity index (χ4n) is 3.47. The van der Waals surface area contributed by atoms with Crippen LogP contribution >= 0.6 is 0 Å². The number of halogens is 1. The number of anilines is 2. The van der Waals surface area contributed by atoms with Gasteiger partial charge >= 0.3 is 0 Å². The second kappa shape index (κ2) is 5.97. The van der Waals surface area contributed by atoms with Gasteiger partial charge in [-0.25, -0.2) is 4.39 Å². The summed E-state index contributed by atoms with van der Waals surface area (Å²) in [4.78, 5) is 4.65. The maximum absolute atomic E-state index is 13.5. The summed E-state index contributed by atoms with van der Waals surface area (Å²) in [5.74, 6) is 0.748. The normalized spacial score (nSPS) is 17.8. The molecule has 0 radical (unpaired) electrons. The van der Waals surface area contributed by atoms with Crippen molar-refractivity contribution in [2.45, 2.75) is 25.8 Å². The standard InChI is InChI=1S/C20H23FN2/c1-22(19-4-2-3-18(21)12-19)20-8-7-16-9-10-23(13-15-5-6-15)14-17(16)11-20/h2-4,7-8,11-12,15H,5-6,9-10,13-14H2,1H3. The van der Waals surface area contributed by atoms with Crippen LogP contribution in [0.4, 0.5) is 15.8 Å². The third kappa shape index (κ3) is 3.25. The van der Waals surface area contributed by atoms with Gasteiger partial charge < -0.3 is 4.90 Å². The van der Waals surface area contributed by atoms with Crippen molar-refractivity contribution in [2.75, 3.05) is 25.0 Å². The minimum atomic E-state index is -0.192. The van der Waals surface area contributed by atoms with E-state index < -0.39 is 0 Å². The van der Waals surface area contributed by atoms with Crippen molar-refractivity contribution in [3.8, 4) is 0 Å². The van der Waals surface area contributed by atoms with Crippen LogP contribution in [0, 0.1) is 11.7 Å². The molecule has 1 saturated carbocycles. The van der Waals surface area contributed by atoms with E-state index in [2.05, 4.69) is 28.0 Å². The Balaban J connectivity index is 1.56. The van der Waals surface area contributed by atoms with Gasteiger partial charge in [-0.2, -0.15) is 0 Å². The molecule has 4 rings (SSSR count). The third-order valence-corrected chi connectivity index (χ3v) is 5.08. The van der Waals surface area contributed by atoms with E-state index in [1.54, 1.807) is 12.1 Å². The van der Waals surface area contributed by atoms with Gasteiger partial charge in [-0.3, -0.25) is 4.90 Å². The molecule has 1 heterocycles. The lowest BCUT2D eigenvalue weighted by Gasteiger charge is -2.30. The zero-order chi connectivity index (χ0) is 15.8. The largest absolute Gasteiger partial charge is 0.345 e. The Labute approximate surface area is 137 Å². The molecule has 2 aromatic carbocycles. The zero-order valence-corrected chi connectivity index (χ0v) is 13.6. The molecule has 0 N–H and O–H groups in total. The lowest BCUT2D eigenvalue weighted by molar-refractivity contribution is 0.244. The van der Waals surface area contributed by atoms with Gasteiger partial charge in [0.1, 0.15) is 5.82 Å². The van der Waals surface area contributed by atoms with Gasteiger partial charge in [0.05, 0.1) is 0 Å². The molecule has 0 spiro atoms. The molecule has 23 heavy (non-hydrogen) atoms. The number of hydrogen-bond donors (Lipinski definition) is 0. The molecule has 1 aliphatic carbocycles. The molecule has 0 bridgehead atoms. The molecular weight excluding hydrogens is 287 g/mol. The highest BCUT2D eigenvalue weighted by atomic mass is 19.1. The maximum atomic E-state index is 13.5. The first-order valence-electron chi connectivity index (χ1n) is 8.52. The number of benzene rings is 2. The van der Waals surface area contributed by atoms with Gasteiger partial charge in [-0.15, -0.1) is 0 Å². The fourth-order valence-corrected chi connectivity index (χ4v) is 3.47. The molecule has 0 atom stereocenters. The lowest BCUT2D eigenvalue weighted by atomic mass is 9.98. The highest BCUT2D eigenvalue weighted by Crippen LogP contribution is 2.33. The fraction of sp³-hybridized carbons (Fsp3) is 0.400. The van der Waals surface area contributed by atoms with E-state index in [9.17, 15) is 4.39 Å². The van der Waals surface area contributed by atoms with Crippen LogP contribution < -0.4 is 4.90 Å². The molecule has 2 aromatic rings. The Kier molecular flexibility index (Phi) is 3.82. The van der Waals surface area contributed by atoms with E-state index in [0.29, 0.717) is 0 Å². The van der Waals surface area contributed by atoms with Crippen molar-refractivity contribution in [3.05, 3.63) is 59.4 Å². The quantitative estimate of drug-likeness (QED) is 0.828. The van der Waals surface area contributed by atoms with Crippen molar-refractivity contribution < 1.29 is 4.39 Å². The maximum Gasteiger partial charge on any atom is 0.125 e. The smallest absolute Gasteiger partial charge is 0.125 e. The minimum Gasteiger partial charge on any atom is -0.345 e. The molecule has 3 heteroatoms. The van der Waals surface area contributed by atoms with Crippen LogP contribution in [0.2, 0.25) is 0 Å². The van der Waals surface area contributed by atoms with Crippen LogP contribution in [0.3, 0.4) is 0 Å². The highest BCUT2D eigenvalue weighted by Gasteiger charge is 2.26. The topological polar surface area (TPSA) is 6.48 Å². The van der Waals surface area contributed by atoms with Gasteiger partial charge in [0.15, 0.2) is 0 Å². The SMILES string of the molecule is CN(c1cccc(F)c1)c1ccc2c(c1)CN(CC1CC1)CC2. The monoisotopic (exact) mass is 310 g/mol. The number of nitrogens with zero attached hydrogens (tertiary/aromatic N) is 2. The number of rotatable bonds is 4. The molecule has 1 aliphatic heterocycles. The van der Waals surface area contributed by atoms with Gasteiger partial charge in [0.25, 0.3) is 0 Å². The molecule has 0 amide bonds. The summed E-state index contributed by atoms with van der Waals surface area (Å²) in [5, 5.41) is 0. The first kappa shape index (κ1) is 14.7. The lowest BCUT2D eigenvalue weighted by Crippen LogP contribution is -2.32. The van der Waals surface area contributed by atoms with Crippen LogP contribution in [0.5, 0.6) is 0 Å². The van der Waals surface area contributed by atoms with Crippen LogP contribution in [-0.4, -0.2) is 25.0 Å². The molecule has 2 nitrogen and oxygen atoms in total. The van der Waals surface area contributed by atoms with E-state index >= 15 is 0 Å². The molecule has 0 unspecified atom stereocenters. The Morgan fingerprint density at radius 2 is 1.91 bits per heavy atom. The summed E-state index contributed by atoms with van der Waals surface area (Å²) in [6, 6.07) is 13.5. The first-order valence-corrected chi connectivity index (χ1v) is 8.52. The van der Waals surface area contributed by atoms with E-state index in [1.807, 2.05) is 13.1 Å². The Morgan fingerprint density at radius 3 is 2.70 bits per heavy atom. The molecule has 1 fully saturated rings. The van der Waals surface area contributed by atoms with E-state index in [1.165, 1.54) is 43.1 Å². The first-order chi connectivity index (χ1) is 11.2. The zero-order valence-electron chi connectivity index (χ0n) is 13.6. The van der Waals surface area contributed by atoms with Crippen LogP contribution in [0.15, 0.2) is 42.5 Å². The second-order valence-corrected chi connectivity index (χ2v) is 6.92. The summed E-state index contributed by atoms with van der Waals surface area (Å²) in [6.45, 7) is 3.49.